The minimum Gasteiger partial charge on any atom is -0.504 e. The molecule has 12 heavy (non-hydrogen) atoms. The Morgan fingerprint density at radius 2 is 1.50 bits per heavy atom. The molecule has 1 nitrogen and oxygen atoms in total. The second-order valence-corrected chi connectivity index (χ2v) is 2.71. The van der Waals surface area contributed by atoms with E-state index in [1.165, 1.54) is 0 Å². The van der Waals surface area contributed by atoms with Gasteiger partial charge in [0.15, 0.2) is 0 Å². The Labute approximate surface area is 75.9 Å². The van der Waals surface area contributed by atoms with Crippen molar-refractivity contribution in [3.8, 4) is 0 Å². The zero-order chi connectivity index (χ0) is 9.99. The fourth-order valence-corrected chi connectivity index (χ4v) is 0.787. The van der Waals surface area contributed by atoms with E-state index >= 15 is 0 Å². The number of halogens is 6. The van der Waals surface area contributed by atoms with E-state index in [4.69, 9.17) is 0 Å². The Kier molecular flexibility index (Phi) is 3.65. The molecule has 0 atom stereocenters. The van der Waals surface area contributed by atoms with Crippen molar-refractivity contribution in [2.45, 2.75) is 10.8 Å². The smallest absolute Gasteiger partial charge is 0.354 e. The highest BCUT2D eigenvalue weighted by atomic mass is 35.5. The summed E-state index contributed by atoms with van der Waals surface area (Å²) in [5, 5.41) is -8.44. The first kappa shape index (κ1) is 11.8. The topological polar surface area (TPSA) is 9.23 Å². The first-order valence-corrected chi connectivity index (χ1v) is 3.32. The molecule has 0 heterocycles. The average molecular weight is 227 g/mol. The highest BCUT2D eigenvalue weighted by molar-refractivity contribution is 6.28. The number of ether oxygens (including phenoxy) is 1. The number of methoxy groups -OCH3 is 1. The van der Waals surface area contributed by atoms with Crippen molar-refractivity contribution < 1.29 is 22.3 Å². The van der Waals surface area contributed by atoms with Gasteiger partial charge >= 0.3 is 10.8 Å². The molecule has 0 amide bonds. The Morgan fingerprint density at radius 3 is 1.58 bits per heavy atom. The van der Waals surface area contributed by atoms with Gasteiger partial charge < -0.3 is 4.74 Å². The Balaban J connectivity index is 4.83. The summed E-state index contributed by atoms with van der Waals surface area (Å²) < 4.78 is 52.5. The third kappa shape index (κ3) is 3.49. The third-order valence-electron chi connectivity index (χ3n) is 0.847. The standard InChI is InChI=1S/C5H4Cl2F4O/c1-12-2-3(4(6,8)9)5(7,10)11/h2H,1H3. The summed E-state index contributed by atoms with van der Waals surface area (Å²) >= 11 is 8.63. The van der Waals surface area contributed by atoms with E-state index in [1.807, 2.05) is 0 Å². The number of hydrogen-bond acceptors (Lipinski definition) is 1. The molecule has 0 bridgehead atoms. The van der Waals surface area contributed by atoms with Crippen LogP contribution in [-0.4, -0.2) is 17.9 Å². The summed E-state index contributed by atoms with van der Waals surface area (Å²) in [4.78, 5) is 0. The van der Waals surface area contributed by atoms with E-state index in [-0.39, 0.29) is 6.26 Å². The van der Waals surface area contributed by atoms with E-state index in [0.717, 1.165) is 7.11 Å². The summed E-state index contributed by atoms with van der Waals surface area (Å²) in [5.74, 6) is 0. The van der Waals surface area contributed by atoms with E-state index < -0.39 is 16.3 Å². The van der Waals surface area contributed by atoms with E-state index in [1.54, 1.807) is 0 Å². The normalized spacial score (nSPS) is 12.6. The maximum atomic E-state index is 12.1. The van der Waals surface area contributed by atoms with Crippen molar-refractivity contribution >= 4 is 23.2 Å². The number of hydrogen-bond donors (Lipinski definition) is 0. The summed E-state index contributed by atoms with van der Waals surface area (Å²) in [6.07, 6.45) is 0.111. The molecule has 7 heteroatoms. The van der Waals surface area contributed by atoms with E-state index in [0.29, 0.717) is 0 Å². The Morgan fingerprint density at radius 1 is 1.17 bits per heavy atom. The van der Waals surface area contributed by atoms with Gasteiger partial charge in [0.2, 0.25) is 0 Å². The lowest BCUT2D eigenvalue weighted by Crippen LogP contribution is -2.24. The molecule has 0 aromatic heterocycles. The van der Waals surface area contributed by atoms with Crippen LogP contribution in [0.3, 0.4) is 0 Å². The van der Waals surface area contributed by atoms with Crippen LogP contribution in [0, 0.1) is 0 Å². The maximum absolute atomic E-state index is 12.1. The van der Waals surface area contributed by atoms with Gasteiger partial charge in [0.05, 0.1) is 13.4 Å². The molecule has 0 radical (unpaired) electrons. The van der Waals surface area contributed by atoms with Crippen LogP contribution < -0.4 is 0 Å². The molecule has 0 aliphatic rings. The average Bonchev–Trinajstić information content (AvgIpc) is 1.77. The van der Waals surface area contributed by atoms with Gasteiger partial charge in [-0.1, -0.05) is 0 Å². The van der Waals surface area contributed by atoms with Crippen LogP contribution in [0.15, 0.2) is 11.8 Å². The first-order valence-electron chi connectivity index (χ1n) is 2.57. The molecule has 0 spiro atoms. The van der Waals surface area contributed by atoms with Crippen LogP contribution >= 0.6 is 23.2 Å². The first-order chi connectivity index (χ1) is 5.19. The van der Waals surface area contributed by atoms with Crippen molar-refractivity contribution in [1.82, 2.24) is 0 Å². The second-order valence-electron chi connectivity index (χ2n) is 1.76. The van der Waals surface area contributed by atoms with Gasteiger partial charge in [0.1, 0.15) is 5.57 Å². The van der Waals surface area contributed by atoms with Crippen molar-refractivity contribution in [1.29, 1.82) is 0 Å². The minimum absolute atomic E-state index is 0.111. The largest absolute Gasteiger partial charge is 0.504 e. The molecule has 0 aromatic rings. The SMILES string of the molecule is COC=C(C(F)(F)Cl)C(F)(F)Cl. The van der Waals surface area contributed by atoms with Crippen LogP contribution in [0.5, 0.6) is 0 Å². The molecular weight excluding hydrogens is 223 g/mol. The Hall–Kier alpha value is -0.160. The monoisotopic (exact) mass is 226 g/mol. The van der Waals surface area contributed by atoms with Crippen molar-refractivity contribution in [2.75, 3.05) is 7.11 Å². The van der Waals surface area contributed by atoms with Crippen LogP contribution in [0.1, 0.15) is 0 Å². The van der Waals surface area contributed by atoms with Crippen LogP contribution in [0.25, 0.3) is 0 Å². The molecule has 0 aliphatic heterocycles. The number of rotatable bonds is 3. The number of allylic oxidation sites excluding steroid dienone is 1. The molecule has 72 valence electrons. The van der Waals surface area contributed by atoms with Gasteiger partial charge in [0.25, 0.3) is 0 Å². The lowest BCUT2D eigenvalue weighted by atomic mass is 10.3. The summed E-state index contributed by atoms with van der Waals surface area (Å²) in [6, 6.07) is 0. The van der Waals surface area contributed by atoms with Gasteiger partial charge in [-0.3, -0.25) is 0 Å². The minimum atomic E-state index is -4.22. The van der Waals surface area contributed by atoms with Gasteiger partial charge in [-0.15, -0.1) is 0 Å². The molecule has 0 N–H and O–H groups in total. The fourth-order valence-electron chi connectivity index (χ4n) is 0.412. The predicted octanol–water partition coefficient (Wildman–Crippen LogP) is 3.18. The van der Waals surface area contributed by atoms with Crippen molar-refractivity contribution in [3.05, 3.63) is 11.8 Å². The highest BCUT2D eigenvalue weighted by Crippen LogP contribution is 2.41. The Bertz CT molecular complexity index is 165. The zero-order valence-corrected chi connectivity index (χ0v) is 7.27. The molecule has 0 fully saturated rings. The molecule has 0 aliphatic carbocycles. The maximum Gasteiger partial charge on any atom is 0.354 e. The lowest BCUT2D eigenvalue weighted by Gasteiger charge is -2.16. The second kappa shape index (κ2) is 3.70. The third-order valence-corrected chi connectivity index (χ3v) is 1.25. The van der Waals surface area contributed by atoms with Crippen molar-refractivity contribution in [3.63, 3.8) is 0 Å². The van der Waals surface area contributed by atoms with Crippen LogP contribution in [0.4, 0.5) is 17.6 Å². The molecule has 0 aromatic carbocycles. The number of alkyl halides is 6. The fraction of sp³-hybridized carbons (Fsp3) is 0.600. The molecule has 0 rings (SSSR count). The summed E-state index contributed by atoms with van der Waals surface area (Å²) in [7, 11) is 0.922. The van der Waals surface area contributed by atoms with E-state index in [2.05, 4.69) is 27.9 Å². The lowest BCUT2D eigenvalue weighted by molar-refractivity contribution is 0.0504. The summed E-state index contributed by atoms with van der Waals surface area (Å²) in [6.45, 7) is 0. The van der Waals surface area contributed by atoms with Gasteiger partial charge in [-0.25, -0.2) is 0 Å². The van der Waals surface area contributed by atoms with Gasteiger partial charge in [0, 0.05) is 0 Å². The summed E-state index contributed by atoms with van der Waals surface area (Å²) in [5.41, 5.74) is -1.79. The highest BCUT2D eigenvalue weighted by Gasteiger charge is 2.47. The van der Waals surface area contributed by atoms with Gasteiger partial charge in [-0.2, -0.15) is 17.6 Å². The molecule has 0 saturated heterocycles. The van der Waals surface area contributed by atoms with Crippen LogP contribution in [-0.2, 0) is 4.74 Å². The van der Waals surface area contributed by atoms with E-state index in [9.17, 15) is 17.6 Å². The molecular formula is C5H4Cl2F4O. The molecule has 0 unspecified atom stereocenters. The predicted molar refractivity (Wildman–Crippen MR) is 36.7 cm³/mol. The molecule has 0 saturated carbocycles. The van der Waals surface area contributed by atoms with Gasteiger partial charge in [-0.05, 0) is 23.2 Å². The quantitative estimate of drug-likeness (QED) is 0.408. The van der Waals surface area contributed by atoms with Crippen LogP contribution in [0.2, 0.25) is 0 Å². The zero-order valence-electron chi connectivity index (χ0n) is 5.75. The van der Waals surface area contributed by atoms with Crippen molar-refractivity contribution in [2.24, 2.45) is 0 Å².